The Morgan fingerprint density at radius 3 is 2.62 bits per heavy atom. The van der Waals surface area contributed by atoms with E-state index >= 15 is 0 Å². The number of rotatable bonds is 5. The quantitative estimate of drug-likeness (QED) is 0.419. The number of anilines is 2. The minimum atomic E-state index is -4.22. The fourth-order valence-corrected chi connectivity index (χ4v) is 2.76. The van der Waals surface area contributed by atoms with Gasteiger partial charge in [0, 0.05) is 12.1 Å². The van der Waals surface area contributed by atoms with Crippen molar-refractivity contribution in [1.82, 2.24) is 5.16 Å². The molecule has 0 radical (unpaired) electrons. The van der Waals surface area contributed by atoms with Crippen molar-refractivity contribution in [3.8, 4) is 0 Å². The zero-order valence-corrected chi connectivity index (χ0v) is 11.5. The summed E-state index contributed by atoms with van der Waals surface area (Å²) in [4.78, 5) is 9.61. The number of nitro benzene ring substituents is 1. The van der Waals surface area contributed by atoms with Crippen LogP contribution in [0.25, 0.3) is 0 Å². The van der Waals surface area contributed by atoms with Crippen LogP contribution in [0.3, 0.4) is 0 Å². The van der Waals surface area contributed by atoms with Crippen molar-refractivity contribution >= 4 is 27.2 Å². The van der Waals surface area contributed by atoms with Crippen molar-refractivity contribution in [2.75, 3.05) is 10.1 Å². The molecule has 0 spiro atoms. The molecule has 0 amide bonds. The van der Waals surface area contributed by atoms with Gasteiger partial charge in [0.2, 0.25) is 0 Å². The highest BCUT2D eigenvalue weighted by Crippen LogP contribution is 2.28. The number of nitrogens with one attached hydrogen (secondary N) is 2. The first kappa shape index (κ1) is 14.7. The first-order valence-corrected chi connectivity index (χ1v) is 7.03. The molecule has 0 bridgehead atoms. The van der Waals surface area contributed by atoms with Crippen LogP contribution in [0, 0.1) is 17.0 Å². The SMILES string of the molecule is Cc1cc(NS(=O)(=O)c2cc(NN)ccc2[N+](=O)[O-])no1. The Morgan fingerprint density at radius 2 is 2.10 bits per heavy atom. The molecule has 2 aromatic rings. The molecular weight excluding hydrogens is 302 g/mol. The summed E-state index contributed by atoms with van der Waals surface area (Å²) in [5.41, 5.74) is 1.85. The number of hydrogen-bond acceptors (Lipinski definition) is 8. The lowest BCUT2D eigenvalue weighted by Gasteiger charge is -2.07. The van der Waals surface area contributed by atoms with Gasteiger partial charge in [0.1, 0.15) is 5.76 Å². The standard InChI is InChI=1S/C10H11N5O5S/c1-6-4-10(13-20-6)14-21(18,19)9-5-7(12-11)2-3-8(9)15(16)17/h2-5,12H,11H2,1H3,(H,13,14). The van der Waals surface area contributed by atoms with Crippen LogP contribution in [0.15, 0.2) is 33.7 Å². The fourth-order valence-electron chi connectivity index (χ4n) is 1.58. The maximum atomic E-state index is 12.2. The number of nitrogens with two attached hydrogens (primary N) is 1. The van der Waals surface area contributed by atoms with Crippen molar-refractivity contribution in [3.63, 3.8) is 0 Å². The topological polar surface area (TPSA) is 153 Å². The second kappa shape index (κ2) is 5.38. The number of hydrogen-bond donors (Lipinski definition) is 3. The summed E-state index contributed by atoms with van der Waals surface area (Å²) in [6.45, 7) is 1.58. The molecule has 0 fully saturated rings. The minimum Gasteiger partial charge on any atom is -0.360 e. The highest BCUT2D eigenvalue weighted by atomic mass is 32.2. The zero-order valence-electron chi connectivity index (χ0n) is 10.7. The van der Waals surface area contributed by atoms with Gasteiger partial charge in [-0.05, 0) is 19.1 Å². The maximum absolute atomic E-state index is 12.2. The number of aryl methyl sites for hydroxylation is 1. The van der Waals surface area contributed by atoms with E-state index in [1.165, 1.54) is 12.1 Å². The molecule has 0 aliphatic heterocycles. The van der Waals surface area contributed by atoms with Gasteiger partial charge in [0.05, 0.1) is 10.6 Å². The second-order valence-electron chi connectivity index (χ2n) is 4.01. The van der Waals surface area contributed by atoms with Gasteiger partial charge in [-0.2, -0.15) is 0 Å². The Labute approximate surface area is 119 Å². The summed E-state index contributed by atoms with van der Waals surface area (Å²) in [6.07, 6.45) is 0. The lowest BCUT2D eigenvalue weighted by Crippen LogP contribution is -2.16. The number of aromatic nitrogens is 1. The van der Waals surface area contributed by atoms with Crippen molar-refractivity contribution in [3.05, 3.63) is 40.1 Å². The summed E-state index contributed by atoms with van der Waals surface area (Å²) in [7, 11) is -4.22. The van der Waals surface area contributed by atoms with Crippen LogP contribution in [0.5, 0.6) is 0 Å². The van der Waals surface area contributed by atoms with E-state index in [1.807, 2.05) is 0 Å². The molecule has 0 saturated carbocycles. The van der Waals surface area contributed by atoms with E-state index in [4.69, 9.17) is 10.4 Å². The van der Waals surface area contributed by atoms with Crippen molar-refractivity contribution in [2.24, 2.45) is 5.84 Å². The number of sulfonamides is 1. The molecule has 0 saturated heterocycles. The molecule has 0 unspecified atom stereocenters. The number of nitrogen functional groups attached to an aromatic ring is 1. The normalized spacial score (nSPS) is 11.1. The zero-order chi connectivity index (χ0) is 15.6. The van der Waals surface area contributed by atoms with Gasteiger partial charge >= 0.3 is 0 Å². The van der Waals surface area contributed by atoms with E-state index in [2.05, 4.69) is 15.3 Å². The van der Waals surface area contributed by atoms with Crippen LogP contribution in [-0.4, -0.2) is 18.5 Å². The van der Waals surface area contributed by atoms with Gasteiger partial charge in [-0.25, -0.2) is 8.42 Å². The van der Waals surface area contributed by atoms with E-state index in [9.17, 15) is 18.5 Å². The lowest BCUT2D eigenvalue weighted by molar-refractivity contribution is -0.387. The average molecular weight is 313 g/mol. The highest BCUT2D eigenvalue weighted by Gasteiger charge is 2.27. The van der Waals surface area contributed by atoms with Gasteiger partial charge in [-0.1, -0.05) is 5.16 Å². The van der Waals surface area contributed by atoms with Gasteiger partial charge in [0.15, 0.2) is 10.7 Å². The minimum absolute atomic E-state index is 0.0760. The van der Waals surface area contributed by atoms with Gasteiger partial charge in [-0.15, -0.1) is 0 Å². The monoisotopic (exact) mass is 313 g/mol. The van der Waals surface area contributed by atoms with E-state index in [-0.39, 0.29) is 11.5 Å². The molecule has 1 aromatic carbocycles. The first-order valence-electron chi connectivity index (χ1n) is 5.54. The number of nitro groups is 1. The summed E-state index contributed by atoms with van der Waals surface area (Å²) >= 11 is 0. The Balaban J connectivity index is 2.49. The third-order valence-electron chi connectivity index (χ3n) is 2.48. The Bertz CT molecular complexity index is 785. The van der Waals surface area contributed by atoms with Crippen LogP contribution in [0.1, 0.15) is 5.76 Å². The predicted octanol–water partition coefficient (Wildman–Crippen LogP) is 0.978. The van der Waals surface area contributed by atoms with Crippen LogP contribution in [0.4, 0.5) is 17.2 Å². The molecule has 1 aromatic heterocycles. The third-order valence-corrected chi connectivity index (χ3v) is 3.86. The molecular formula is C10H11N5O5S. The van der Waals surface area contributed by atoms with E-state index < -0.39 is 25.5 Å². The Hall–Kier alpha value is -2.66. The van der Waals surface area contributed by atoms with Crippen LogP contribution >= 0.6 is 0 Å². The summed E-state index contributed by atoms with van der Waals surface area (Å²) in [6, 6.07) is 4.72. The predicted molar refractivity (Wildman–Crippen MR) is 73.0 cm³/mol. The summed E-state index contributed by atoms with van der Waals surface area (Å²) in [5, 5.41) is 14.4. The first-order chi connectivity index (χ1) is 9.83. The van der Waals surface area contributed by atoms with Crippen molar-refractivity contribution in [1.29, 1.82) is 0 Å². The van der Waals surface area contributed by atoms with E-state index in [1.54, 1.807) is 6.92 Å². The number of hydrazine groups is 1. The van der Waals surface area contributed by atoms with Crippen molar-refractivity contribution in [2.45, 2.75) is 11.8 Å². The fraction of sp³-hybridized carbons (Fsp3) is 0.100. The summed E-state index contributed by atoms with van der Waals surface area (Å²) < 4.78 is 31.3. The van der Waals surface area contributed by atoms with Crippen molar-refractivity contribution < 1.29 is 17.9 Å². The van der Waals surface area contributed by atoms with Gasteiger partial charge in [0.25, 0.3) is 15.7 Å². The molecule has 0 aliphatic rings. The summed E-state index contributed by atoms with van der Waals surface area (Å²) in [5.74, 6) is 5.49. The molecule has 0 atom stereocenters. The van der Waals surface area contributed by atoms with Gasteiger partial charge < -0.3 is 9.95 Å². The molecule has 2 rings (SSSR count). The molecule has 21 heavy (non-hydrogen) atoms. The molecule has 112 valence electrons. The smallest absolute Gasteiger partial charge is 0.290 e. The van der Waals surface area contributed by atoms with E-state index in [0.717, 1.165) is 12.1 Å². The van der Waals surface area contributed by atoms with Crippen LogP contribution in [-0.2, 0) is 10.0 Å². The Morgan fingerprint density at radius 1 is 1.38 bits per heavy atom. The number of nitrogens with zero attached hydrogens (tertiary/aromatic N) is 2. The third kappa shape index (κ3) is 3.09. The van der Waals surface area contributed by atoms with Crippen LogP contribution in [0.2, 0.25) is 0 Å². The maximum Gasteiger partial charge on any atom is 0.290 e. The average Bonchev–Trinajstić information content (AvgIpc) is 2.82. The lowest BCUT2D eigenvalue weighted by atomic mass is 10.3. The molecule has 0 aliphatic carbocycles. The molecule has 10 nitrogen and oxygen atoms in total. The molecule has 11 heteroatoms. The number of benzene rings is 1. The molecule has 4 N–H and O–H groups in total. The second-order valence-corrected chi connectivity index (χ2v) is 5.66. The van der Waals surface area contributed by atoms with E-state index in [0.29, 0.717) is 5.76 Å². The van der Waals surface area contributed by atoms with Gasteiger partial charge in [-0.3, -0.25) is 20.7 Å². The molecule has 1 heterocycles. The highest BCUT2D eigenvalue weighted by molar-refractivity contribution is 7.92. The Kier molecular flexibility index (Phi) is 3.78. The van der Waals surface area contributed by atoms with Crippen LogP contribution < -0.4 is 16.0 Å². The largest absolute Gasteiger partial charge is 0.360 e.